The van der Waals surface area contributed by atoms with E-state index < -0.39 is 11.8 Å². The number of benzene rings is 1. The SMILES string of the molecule is C=CC(=O)NC(=O)C=CC=Cc1ccccc1. The van der Waals surface area contributed by atoms with Gasteiger partial charge in [-0.1, -0.05) is 55.1 Å². The second kappa shape index (κ2) is 6.95. The van der Waals surface area contributed by atoms with Crippen LogP contribution in [0.5, 0.6) is 0 Å². The van der Waals surface area contributed by atoms with E-state index in [0.29, 0.717) is 0 Å². The van der Waals surface area contributed by atoms with Crippen LogP contribution in [0, 0.1) is 0 Å². The minimum atomic E-state index is -0.508. The molecule has 3 nitrogen and oxygen atoms in total. The Morgan fingerprint density at radius 3 is 2.41 bits per heavy atom. The molecular weight excluding hydrogens is 214 g/mol. The van der Waals surface area contributed by atoms with Gasteiger partial charge in [0.05, 0.1) is 0 Å². The molecule has 2 amide bonds. The number of hydrogen-bond acceptors (Lipinski definition) is 2. The highest BCUT2D eigenvalue weighted by Crippen LogP contribution is 2.00. The maximum absolute atomic E-state index is 11.1. The van der Waals surface area contributed by atoms with Gasteiger partial charge in [-0.15, -0.1) is 0 Å². The van der Waals surface area contributed by atoms with Crippen molar-refractivity contribution in [2.75, 3.05) is 0 Å². The molecule has 17 heavy (non-hydrogen) atoms. The summed E-state index contributed by atoms with van der Waals surface area (Å²) < 4.78 is 0. The van der Waals surface area contributed by atoms with Crippen LogP contribution in [-0.4, -0.2) is 11.8 Å². The summed E-state index contributed by atoms with van der Waals surface area (Å²) in [6.45, 7) is 3.25. The second-order valence-corrected chi connectivity index (χ2v) is 3.19. The first-order valence-corrected chi connectivity index (χ1v) is 5.09. The van der Waals surface area contributed by atoms with Crippen LogP contribution in [-0.2, 0) is 9.59 Å². The number of carbonyl (C=O) groups is 2. The zero-order valence-electron chi connectivity index (χ0n) is 9.30. The number of allylic oxidation sites excluding steroid dienone is 2. The van der Waals surface area contributed by atoms with Gasteiger partial charge in [-0.25, -0.2) is 0 Å². The van der Waals surface area contributed by atoms with Crippen LogP contribution in [0.4, 0.5) is 0 Å². The van der Waals surface area contributed by atoms with Crippen LogP contribution >= 0.6 is 0 Å². The number of amides is 2. The Balaban J connectivity index is 2.45. The van der Waals surface area contributed by atoms with E-state index in [1.165, 1.54) is 6.08 Å². The molecule has 0 fully saturated rings. The van der Waals surface area contributed by atoms with Crippen LogP contribution in [0.15, 0.2) is 61.2 Å². The number of hydrogen-bond donors (Lipinski definition) is 1. The van der Waals surface area contributed by atoms with Gasteiger partial charge in [0.25, 0.3) is 5.91 Å². The van der Waals surface area contributed by atoms with Crippen LogP contribution in [0.2, 0.25) is 0 Å². The average molecular weight is 227 g/mol. The van der Waals surface area contributed by atoms with Gasteiger partial charge >= 0.3 is 0 Å². The molecule has 0 aliphatic heterocycles. The highest BCUT2D eigenvalue weighted by molar-refractivity contribution is 6.04. The molecule has 1 rings (SSSR count). The van der Waals surface area contributed by atoms with Gasteiger partial charge in [-0.2, -0.15) is 0 Å². The van der Waals surface area contributed by atoms with Crippen LogP contribution < -0.4 is 5.32 Å². The van der Waals surface area contributed by atoms with Crippen molar-refractivity contribution >= 4 is 17.9 Å². The van der Waals surface area contributed by atoms with Crippen molar-refractivity contribution < 1.29 is 9.59 Å². The molecule has 1 aromatic carbocycles. The van der Waals surface area contributed by atoms with Crippen LogP contribution in [0.1, 0.15) is 5.56 Å². The molecule has 3 heteroatoms. The van der Waals surface area contributed by atoms with E-state index in [9.17, 15) is 9.59 Å². The molecule has 0 atom stereocenters. The summed E-state index contributed by atoms with van der Waals surface area (Å²) in [6.07, 6.45) is 7.48. The van der Waals surface area contributed by atoms with Crippen molar-refractivity contribution in [3.63, 3.8) is 0 Å². The standard InChI is InChI=1S/C14H13NO2/c1-2-13(16)15-14(17)11-7-6-10-12-8-4-3-5-9-12/h2-11H,1H2,(H,15,16,17). The molecule has 1 aromatic rings. The summed E-state index contributed by atoms with van der Waals surface area (Å²) in [6, 6.07) is 9.69. The van der Waals surface area contributed by atoms with Gasteiger partial charge in [0.2, 0.25) is 5.91 Å². The van der Waals surface area contributed by atoms with Crippen molar-refractivity contribution in [1.82, 2.24) is 5.32 Å². The molecule has 0 saturated carbocycles. The zero-order chi connectivity index (χ0) is 12.5. The monoisotopic (exact) mass is 227 g/mol. The fourth-order valence-electron chi connectivity index (χ4n) is 1.09. The Morgan fingerprint density at radius 1 is 1.06 bits per heavy atom. The first-order valence-electron chi connectivity index (χ1n) is 5.09. The van der Waals surface area contributed by atoms with Crippen molar-refractivity contribution in [3.05, 3.63) is 66.8 Å². The highest BCUT2D eigenvalue weighted by Gasteiger charge is 1.97. The average Bonchev–Trinajstić information content (AvgIpc) is 2.36. The Labute approximate surface area is 100 Å². The summed E-state index contributed by atoms with van der Waals surface area (Å²) in [7, 11) is 0. The van der Waals surface area contributed by atoms with Crippen LogP contribution in [0.25, 0.3) is 6.08 Å². The third-order valence-electron chi connectivity index (χ3n) is 1.88. The Hall–Kier alpha value is -2.42. The summed E-state index contributed by atoms with van der Waals surface area (Å²) in [5.41, 5.74) is 1.04. The first kappa shape index (κ1) is 12.6. The van der Waals surface area contributed by atoms with Crippen molar-refractivity contribution in [1.29, 1.82) is 0 Å². The van der Waals surface area contributed by atoms with Gasteiger partial charge in [0.1, 0.15) is 0 Å². The van der Waals surface area contributed by atoms with Crippen molar-refractivity contribution in [2.24, 2.45) is 0 Å². The molecule has 0 saturated heterocycles. The van der Waals surface area contributed by atoms with Gasteiger partial charge < -0.3 is 0 Å². The third-order valence-corrected chi connectivity index (χ3v) is 1.88. The van der Waals surface area contributed by atoms with E-state index in [1.807, 2.05) is 36.4 Å². The second-order valence-electron chi connectivity index (χ2n) is 3.19. The molecular formula is C14H13NO2. The molecule has 86 valence electrons. The number of carbonyl (C=O) groups excluding carboxylic acids is 2. The summed E-state index contributed by atoms with van der Waals surface area (Å²) >= 11 is 0. The molecule has 0 aliphatic rings. The fraction of sp³-hybridized carbons (Fsp3) is 0. The minimum absolute atomic E-state index is 0.465. The highest BCUT2D eigenvalue weighted by atomic mass is 16.2. The summed E-state index contributed by atoms with van der Waals surface area (Å²) in [4.78, 5) is 21.9. The van der Waals surface area contributed by atoms with E-state index >= 15 is 0 Å². The van der Waals surface area contributed by atoms with Gasteiger partial charge in [0, 0.05) is 6.08 Å². The maximum Gasteiger partial charge on any atom is 0.250 e. The fourth-order valence-corrected chi connectivity index (χ4v) is 1.09. The maximum atomic E-state index is 11.1. The van der Waals surface area contributed by atoms with E-state index in [0.717, 1.165) is 11.6 Å². The Morgan fingerprint density at radius 2 is 1.76 bits per heavy atom. The molecule has 0 aliphatic carbocycles. The zero-order valence-corrected chi connectivity index (χ0v) is 9.30. The quantitative estimate of drug-likeness (QED) is 0.632. The van der Waals surface area contributed by atoms with E-state index in [2.05, 4.69) is 11.9 Å². The topological polar surface area (TPSA) is 46.2 Å². The summed E-state index contributed by atoms with van der Waals surface area (Å²) in [5.74, 6) is -0.973. The molecule has 0 unspecified atom stereocenters. The molecule has 0 heterocycles. The smallest absolute Gasteiger partial charge is 0.250 e. The lowest BCUT2D eigenvalue weighted by Gasteiger charge is -1.93. The lowest BCUT2D eigenvalue weighted by molar-refractivity contribution is -0.125. The number of nitrogens with one attached hydrogen (secondary N) is 1. The predicted molar refractivity (Wildman–Crippen MR) is 68.0 cm³/mol. The molecule has 0 spiro atoms. The largest absolute Gasteiger partial charge is 0.289 e. The van der Waals surface area contributed by atoms with E-state index in [-0.39, 0.29) is 0 Å². The Kier molecular flexibility index (Phi) is 5.17. The molecule has 0 radical (unpaired) electrons. The van der Waals surface area contributed by atoms with Gasteiger partial charge in [-0.3, -0.25) is 14.9 Å². The Bertz CT molecular complexity index is 458. The first-order chi connectivity index (χ1) is 8.22. The van der Waals surface area contributed by atoms with Crippen LogP contribution in [0.3, 0.4) is 0 Å². The van der Waals surface area contributed by atoms with Gasteiger partial charge in [0.15, 0.2) is 0 Å². The molecule has 1 N–H and O–H groups in total. The lowest BCUT2D eigenvalue weighted by atomic mass is 10.2. The predicted octanol–water partition coefficient (Wildman–Crippen LogP) is 2.08. The number of rotatable bonds is 4. The van der Waals surface area contributed by atoms with E-state index in [1.54, 1.807) is 12.2 Å². The molecule has 0 bridgehead atoms. The molecule has 0 aromatic heterocycles. The minimum Gasteiger partial charge on any atom is -0.289 e. The third kappa shape index (κ3) is 5.28. The van der Waals surface area contributed by atoms with E-state index in [4.69, 9.17) is 0 Å². The van der Waals surface area contributed by atoms with Crippen molar-refractivity contribution in [2.45, 2.75) is 0 Å². The van der Waals surface area contributed by atoms with Gasteiger partial charge in [-0.05, 0) is 11.6 Å². The number of imide groups is 1. The van der Waals surface area contributed by atoms with Crippen molar-refractivity contribution in [3.8, 4) is 0 Å². The lowest BCUT2D eigenvalue weighted by Crippen LogP contribution is -2.26. The normalized spacial score (nSPS) is 10.6. The summed E-state index contributed by atoms with van der Waals surface area (Å²) in [5, 5.41) is 2.11.